The van der Waals surface area contributed by atoms with Crippen LogP contribution >= 0.6 is 0 Å². The molecule has 26 heavy (non-hydrogen) atoms. The monoisotopic (exact) mass is 378 g/mol. The van der Waals surface area contributed by atoms with Crippen LogP contribution in [0, 0.1) is 5.82 Å². The molecule has 5 nitrogen and oxygen atoms in total. The summed E-state index contributed by atoms with van der Waals surface area (Å²) in [5.41, 5.74) is 5.87. The number of aryl methyl sites for hydroxylation is 1. The zero-order valence-electron chi connectivity index (χ0n) is 15.0. The predicted octanol–water partition coefficient (Wildman–Crippen LogP) is 3.57. The summed E-state index contributed by atoms with van der Waals surface area (Å²) >= 11 is 0. The second kappa shape index (κ2) is 7.86. The lowest BCUT2D eigenvalue weighted by Crippen LogP contribution is -2.45. The molecule has 0 fully saturated rings. The normalized spacial score (nSPS) is 20.2. The lowest BCUT2D eigenvalue weighted by atomic mass is 9.97. The maximum atomic E-state index is 12.6. The minimum atomic E-state index is -3.70. The number of sulfonamides is 1. The Bertz CT molecular complexity index is 881. The van der Waals surface area contributed by atoms with E-state index >= 15 is 0 Å². The second-order valence-electron chi connectivity index (χ2n) is 6.39. The van der Waals surface area contributed by atoms with Crippen molar-refractivity contribution in [3.63, 3.8) is 0 Å². The number of nitrogens with two attached hydrogens (primary N) is 1. The predicted molar refractivity (Wildman–Crippen MR) is 101 cm³/mol. The van der Waals surface area contributed by atoms with Gasteiger partial charge in [0.2, 0.25) is 0 Å². The number of hydrogen-bond donors (Lipinski definition) is 1. The number of benzene rings is 2. The second-order valence-corrected chi connectivity index (χ2v) is 8.07. The van der Waals surface area contributed by atoms with Crippen LogP contribution in [0.4, 0.5) is 4.39 Å². The Morgan fingerprint density at radius 3 is 2.19 bits per heavy atom. The highest BCUT2D eigenvalue weighted by atomic mass is 32.2. The quantitative estimate of drug-likeness (QED) is 0.866. The third-order valence-corrected chi connectivity index (χ3v) is 5.83. The third kappa shape index (κ3) is 4.60. The minimum absolute atomic E-state index is 0.0972. The number of ether oxygens (including phenoxy) is 1. The zero-order chi connectivity index (χ0) is 19.4. The first-order valence-electron chi connectivity index (χ1n) is 8.24. The van der Waals surface area contributed by atoms with Crippen molar-refractivity contribution in [3.05, 3.63) is 71.5 Å². The highest BCUT2D eigenvalue weighted by molar-refractivity contribution is 7.90. The van der Waals surface area contributed by atoms with Gasteiger partial charge in [-0.2, -0.15) is 0 Å². The summed E-state index contributed by atoms with van der Waals surface area (Å²) in [5.74, 6) is -0.0972. The van der Waals surface area contributed by atoms with Gasteiger partial charge >= 0.3 is 0 Å². The molecule has 1 aliphatic rings. The molecule has 0 aromatic heterocycles. The van der Waals surface area contributed by atoms with E-state index in [4.69, 9.17) is 10.5 Å². The molecule has 140 valence electrons. The maximum Gasteiger partial charge on any atom is 0.298 e. The molecule has 7 heteroatoms. The highest BCUT2D eigenvalue weighted by Gasteiger charge is 2.46. The van der Waals surface area contributed by atoms with E-state index in [9.17, 15) is 12.8 Å². The summed E-state index contributed by atoms with van der Waals surface area (Å²) in [7, 11) is -3.70. The van der Waals surface area contributed by atoms with E-state index in [1.807, 2.05) is 19.1 Å². The smallest absolute Gasteiger partial charge is 0.298 e. The maximum absolute atomic E-state index is 12.6. The van der Waals surface area contributed by atoms with Gasteiger partial charge in [-0.15, -0.1) is 4.40 Å². The van der Waals surface area contributed by atoms with E-state index in [1.165, 1.54) is 6.07 Å². The van der Waals surface area contributed by atoms with E-state index < -0.39 is 20.9 Å². The van der Waals surface area contributed by atoms with Gasteiger partial charge < -0.3 is 10.5 Å². The average Bonchev–Trinajstić information content (AvgIpc) is 2.54. The molecule has 3 rings (SSSR count). The van der Waals surface area contributed by atoms with E-state index in [0.29, 0.717) is 5.56 Å². The molecule has 0 saturated carbocycles. The molecule has 1 unspecified atom stereocenters. The lowest BCUT2D eigenvalue weighted by Gasteiger charge is -2.35. The lowest BCUT2D eigenvalue weighted by molar-refractivity contribution is 0.0827. The fourth-order valence-electron chi connectivity index (χ4n) is 2.86. The van der Waals surface area contributed by atoms with Crippen molar-refractivity contribution < 1.29 is 17.5 Å². The van der Waals surface area contributed by atoms with Crippen molar-refractivity contribution in [1.82, 2.24) is 0 Å². The summed E-state index contributed by atoms with van der Waals surface area (Å²) in [6.45, 7) is 5.31. The van der Waals surface area contributed by atoms with Crippen molar-refractivity contribution >= 4 is 16.0 Å². The van der Waals surface area contributed by atoms with Gasteiger partial charge in [-0.25, -0.2) is 12.8 Å². The van der Waals surface area contributed by atoms with Gasteiger partial charge in [0.15, 0.2) is 0 Å². The van der Waals surface area contributed by atoms with Crippen LogP contribution in [0.15, 0.2) is 59.0 Å². The van der Waals surface area contributed by atoms with Gasteiger partial charge in [-0.1, -0.05) is 55.5 Å². The number of rotatable bonds is 2. The standard InChI is InChI=1S/C11H14N2O3S.C8H9F/c1-11(2)9(8-6-4-3-5-7-8)17(14,15)13-10(12)16-11;1-2-7-5-3-4-6-8(7)9/h3-7,9H,1-2H3,(H2,12,13);3-6H,2H2,1H3. The minimum Gasteiger partial charge on any atom is -0.457 e. The van der Waals surface area contributed by atoms with Crippen molar-refractivity contribution in [2.24, 2.45) is 10.1 Å². The molecule has 0 spiro atoms. The van der Waals surface area contributed by atoms with Gasteiger partial charge in [0.1, 0.15) is 16.7 Å². The Hall–Kier alpha value is -2.41. The molecule has 1 atom stereocenters. The van der Waals surface area contributed by atoms with Crippen LogP contribution in [0.25, 0.3) is 0 Å². The van der Waals surface area contributed by atoms with Gasteiger partial charge in [-0.3, -0.25) is 0 Å². The molecular weight excluding hydrogens is 355 g/mol. The van der Waals surface area contributed by atoms with Crippen LogP contribution < -0.4 is 5.73 Å². The first-order chi connectivity index (χ1) is 12.2. The van der Waals surface area contributed by atoms with Crippen molar-refractivity contribution in [2.75, 3.05) is 0 Å². The Morgan fingerprint density at radius 1 is 1.12 bits per heavy atom. The molecule has 0 radical (unpaired) electrons. The fourth-order valence-corrected chi connectivity index (χ4v) is 4.52. The molecule has 0 bridgehead atoms. The van der Waals surface area contributed by atoms with E-state index in [-0.39, 0.29) is 11.8 Å². The molecule has 0 saturated heterocycles. The summed E-state index contributed by atoms with van der Waals surface area (Å²) in [6, 6.07) is 15.4. The number of nitrogens with zero attached hydrogens (tertiary/aromatic N) is 1. The number of hydrogen-bond acceptors (Lipinski definition) is 4. The van der Waals surface area contributed by atoms with Crippen LogP contribution in [-0.4, -0.2) is 20.0 Å². The molecule has 0 aliphatic carbocycles. The highest BCUT2D eigenvalue weighted by Crippen LogP contribution is 2.39. The number of halogens is 1. The van der Waals surface area contributed by atoms with Gasteiger partial charge in [-0.05, 0) is 37.5 Å². The molecule has 2 aromatic carbocycles. The van der Waals surface area contributed by atoms with Crippen molar-refractivity contribution in [1.29, 1.82) is 0 Å². The largest absolute Gasteiger partial charge is 0.457 e. The Morgan fingerprint density at radius 2 is 1.69 bits per heavy atom. The van der Waals surface area contributed by atoms with Crippen LogP contribution in [0.2, 0.25) is 0 Å². The van der Waals surface area contributed by atoms with E-state index in [2.05, 4.69) is 4.40 Å². The summed E-state index contributed by atoms with van der Waals surface area (Å²) < 4.78 is 45.4. The average molecular weight is 378 g/mol. The molecular formula is C19H23FN2O3S. The summed E-state index contributed by atoms with van der Waals surface area (Å²) in [4.78, 5) is 0. The van der Waals surface area contributed by atoms with Crippen LogP contribution in [0.5, 0.6) is 0 Å². The van der Waals surface area contributed by atoms with Crippen molar-refractivity contribution in [2.45, 2.75) is 38.0 Å². The Labute approximate surface area is 153 Å². The SMILES string of the molecule is CC1(C)OC(N)=NS(=O)(=O)C1c1ccccc1.CCc1ccccc1F. The molecule has 1 heterocycles. The first-order valence-corrected chi connectivity index (χ1v) is 9.74. The van der Waals surface area contributed by atoms with E-state index in [0.717, 1.165) is 12.0 Å². The molecule has 1 aliphatic heterocycles. The molecule has 2 aromatic rings. The third-order valence-electron chi connectivity index (χ3n) is 3.96. The molecule has 0 amide bonds. The Kier molecular flexibility index (Phi) is 6.02. The Balaban J connectivity index is 0.000000228. The van der Waals surface area contributed by atoms with Gasteiger partial charge in [0, 0.05) is 0 Å². The first kappa shape index (κ1) is 19.9. The summed E-state index contributed by atoms with van der Waals surface area (Å²) in [6.07, 6.45) is 0.771. The van der Waals surface area contributed by atoms with Crippen LogP contribution in [0.1, 0.15) is 37.1 Å². The van der Waals surface area contributed by atoms with E-state index in [1.54, 1.807) is 50.2 Å². The topological polar surface area (TPSA) is 81.8 Å². The van der Waals surface area contributed by atoms with Crippen LogP contribution in [0.3, 0.4) is 0 Å². The van der Waals surface area contributed by atoms with Crippen LogP contribution in [-0.2, 0) is 21.2 Å². The molecule has 2 N–H and O–H groups in total. The fraction of sp³-hybridized carbons (Fsp3) is 0.316. The number of amidine groups is 1. The van der Waals surface area contributed by atoms with Gasteiger partial charge in [0.25, 0.3) is 16.0 Å². The van der Waals surface area contributed by atoms with Crippen molar-refractivity contribution in [3.8, 4) is 0 Å². The summed E-state index contributed by atoms with van der Waals surface area (Å²) in [5, 5.41) is -0.844. The zero-order valence-corrected chi connectivity index (χ0v) is 15.8. The van der Waals surface area contributed by atoms with Gasteiger partial charge in [0.05, 0.1) is 0 Å².